The van der Waals surface area contributed by atoms with E-state index >= 15 is 0 Å². The molecule has 1 rings (SSSR count). The summed E-state index contributed by atoms with van der Waals surface area (Å²) in [6.45, 7) is 10.5. The van der Waals surface area contributed by atoms with Crippen LogP contribution >= 0.6 is 0 Å². The van der Waals surface area contributed by atoms with Crippen LogP contribution in [0.2, 0.25) is 0 Å². The van der Waals surface area contributed by atoms with Gasteiger partial charge in [-0.2, -0.15) is 0 Å². The van der Waals surface area contributed by atoms with Gasteiger partial charge in [-0.25, -0.2) is 0 Å². The topological polar surface area (TPSA) is 6.48 Å². The van der Waals surface area contributed by atoms with Gasteiger partial charge in [0.2, 0.25) is 0 Å². The lowest BCUT2D eigenvalue weighted by atomic mass is 10.0. The van der Waals surface area contributed by atoms with Gasteiger partial charge in [-0.3, -0.25) is 0 Å². The zero-order chi connectivity index (χ0) is 24.7. The van der Waals surface area contributed by atoms with Crippen LogP contribution in [0.5, 0.6) is 0 Å². The molecule has 2 nitrogen and oxygen atoms in total. The van der Waals surface area contributed by atoms with E-state index in [1.54, 1.807) is 0 Å². The predicted molar refractivity (Wildman–Crippen MR) is 154 cm³/mol. The van der Waals surface area contributed by atoms with Gasteiger partial charge in [0.15, 0.2) is 0 Å². The molecular weight excluding hydrogens is 412 g/mol. The molecule has 1 unspecified atom stereocenters. The molecule has 0 saturated carbocycles. The molecule has 1 atom stereocenters. The Morgan fingerprint density at radius 3 is 1.29 bits per heavy atom. The minimum atomic E-state index is 0.609. The SMILES string of the molecule is CCCCCCCCCCCCCCCCCCCN1C=CN(C(C)C)C1CCCCCCC. The zero-order valence-corrected chi connectivity index (χ0v) is 24.2. The fraction of sp³-hybridized carbons (Fsp3) is 0.938. The lowest BCUT2D eigenvalue weighted by Gasteiger charge is -2.35. The van der Waals surface area contributed by atoms with Gasteiger partial charge in [-0.05, 0) is 33.1 Å². The van der Waals surface area contributed by atoms with Crippen LogP contribution < -0.4 is 0 Å². The third-order valence-corrected chi connectivity index (χ3v) is 7.84. The van der Waals surface area contributed by atoms with E-state index in [1.165, 1.54) is 154 Å². The van der Waals surface area contributed by atoms with E-state index in [4.69, 9.17) is 0 Å². The first kappa shape index (κ1) is 31.4. The van der Waals surface area contributed by atoms with E-state index in [0.29, 0.717) is 12.2 Å². The van der Waals surface area contributed by atoms with E-state index < -0.39 is 0 Å². The second-order valence-corrected chi connectivity index (χ2v) is 11.4. The Hall–Kier alpha value is -0.660. The molecule has 0 spiro atoms. The first-order valence-electron chi connectivity index (χ1n) is 15.9. The summed E-state index contributed by atoms with van der Waals surface area (Å²) < 4.78 is 0. The molecule has 0 bridgehead atoms. The Bertz CT molecular complexity index is 444. The quantitative estimate of drug-likeness (QED) is 0.121. The van der Waals surface area contributed by atoms with Gasteiger partial charge in [0.1, 0.15) is 6.17 Å². The van der Waals surface area contributed by atoms with Crippen molar-refractivity contribution in [2.24, 2.45) is 0 Å². The lowest BCUT2D eigenvalue weighted by Crippen LogP contribution is -2.42. The molecule has 0 amide bonds. The van der Waals surface area contributed by atoms with Gasteiger partial charge < -0.3 is 9.80 Å². The van der Waals surface area contributed by atoms with Crippen molar-refractivity contribution in [2.45, 2.75) is 188 Å². The van der Waals surface area contributed by atoms with E-state index in [2.05, 4.69) is 49.9 Å². The van der Waals surface area contributed by atoms with Gasteiger partial charge >= 0.3 is 0 Å². The molecule has 202 valence electrons. The molecule has 34 heavy (non-hydrogen) atoms. The van der Waals surface area contributed by atoms with Crippen LogP contribution in [-0.4, -0.2) is 28.6 Å². The monoisotopic (exact) mass is 477 g/mol. The van der Waals surface area contributed by atoms with Crippen molar-refractivity contribution in [1.82, 2.24) is 9.80 Å². The highest BCUT2D eigenvalue weighted by Gasteiger charge is 2.26. The summed E-state index contributed by atoms with van der Waals surface area (Å²) in [5.74, 6) is 0. The van der Waals surface area contributed by atoms with Gasteiger partial charge in [-0.1, -0.05) is 142 Å². The Balaban J connectivity index is 1.95. The summed E-state index contributed by atoms with van der Waals surface area (Å²) in [4.78, 5) is 5.23. The van der Waals surface area contributed by atoms with Crippen LogP contribution in [0.3, 0.4) is 0 Å². The fourth-order valence-electron chi connectivity index (χ4n) is 5.54. The van der Waals surface area contributed by atoms with E-state index in [9.17, 15) is 0 Å². The Morgan fingerprint density at radius 1 is 0.500 bits per heavy atom. The maximum atomic E-state index is 2.64. The number of nitrogens with zero attached hydrogens (tertiary/aromatic N) is 2. The summed E-state index contributed by atoms with van der Waals surface area (Å²) in [5, 5.41) is 0. The maximum absolute atomic E-state index is 2.64. The van der Waals surface area contributed by atoms with Crippen molar-refractivity contribution in [2.75, 3.05) is 6.54 Å². The van der Waals surface area contributed by atoms with Gasteiger partial charge in [0.25, 0.3) is 0 Å². The zero-order valence-electron chi connectivity index (χ0n) is 24.2. The molecule has 0 N–H and O–H groups in total. The summed E-state index contributed by atoms with van der Waals surface area (Å²) in [6.07, 6.45) is 38.3. The van der Waals surface area contributed by atoms with Gasteiger partial charge in [0.05, 0.1) is 0 Å². The summed E-state index contributed by atoms with van der Waals surface area (Å²) in [7, 11) is 0. The minimum Gasteiger partial charge on any atom is -0.356 e. The van der Waals surface area contributed by atoms with Crippen molar-refractivity contribution < 1.29 is 0 Å². The van der Waals surface area contributed by atoms with Crippen LogP contribution in [0.25, 0.3) is 0 Å². The van der Waals surface area contributed by atoms with E-state index in [-0.39, 0.29) is 0 Å². The third kappa shape index (κ3) is 16.1. The van der Waals surface area contributed by atoms with Crippen molar-refractivity contribution in [3.05, 3.63) is 12.4 Å². The minimum absolute atomic E-state index is 0.609. The maximum Gasteiger partial charge on any atom is 0.101 e. The smallest absolute Gasteiger partial charge is 0.101 e. The predicted octanol–water partition coefficient (Wildman–Crippen LogP) is 10.8. The normalized spacial score (nSPS) is 15.9. The van der Waals surface area contributed by atoms with E-state index in [0.717, 1.165) is 0 Å². The number of unbranched alkanes of at least 4 members (excludes halogenated alkanes) is 20. The van der Waals surface area contributed by atoms with Gasteiger partial charge in [-0.15, -0.1) is 0 Å². The van der Waals surface area contributed by atoms with Crippen molar-refractivity contribution >= 4 is 0 Å². The lowest BCUT2D eigenvalue weighted by molar-refractivity contribution is 0.114. The second kappa shape index (κ2) is 22.8. The van der Waals surface area contributed by atoms with Gasteiger partial charge in [0, 0.05) is 25.0 Å². The highest BCUT2D eigenvalue weighted by atomic mass is 15.4. The molecule has 1 aliphatic rings. The van der Waals surface area contributed by atoms with Crippen molar-refractivity contribution in [3.63, 3.8) is 0 Å². The molecule has 0 aromatic heterocycles. The molecule has 1 heterocycles. The Morgan fingerprint density at radius 2 is 0.882 bits per heavy atom. The van der Waals surface area contributed by atoms with Crippen LogP contribution in [0, 0.1) is 0 Å². The third-order valence-electron chi connectivity index (χ3n) is 7.84. The molecule has 0 aromatic carbocycles. The Labute approximate surface area is 216 Å². The summed E-state index contributed by atoms with van der Waals surface area (Å²) >= 11 is 0. The fourth-order valence-corrected chi connectivity index (χ4v) is 5.54. The molecule has 0 fully saturated rings. The average Bonchev–Trinajstić information content (AvgIpc) is 3.24. The number of hydrogen-bond acceptors (Lipinski definition) is 2. The highest BCUT2D eigenvalue weighted by molar-refractivity contribution is 4.98. The first-order chi connectivity index (χ1) is 16.7. The molecular formula is C32H64N2. The van der Waals surface area contributed by atoms with Crippen LogP contribution in [0.15, 0.2) is 12.4 Å². The van der Waals surface area contributed by atoms with Crippen LogP contribution in [0.4, 0.5) is 0 Å². The van der Waals surface area contributed by atoms with Crippen molar-refractivity contribution in [3.8, 4) is 0 Å². The molecule has 0 aromatic rings. The highest BCUT2D eigenvalue weighted by Crippen LogP contribution is 2.24. The molecule has 2 heteroatoms. The van der Waals surface area contributed by atoms with Crippen LogP contribution in [-0.2, 0) is 0 Å². The summed E-state index contributed by atoms with van der Waals surface area (Å²) in [6, 6.07) is 0.609. The molecule has 1 aliphatic heterocycles. The molecule has 0 radical (unpaired) electrons. The average molecular weight is 477 g/mol. The standard InChI is InChI=1S/C32H64N2/c1-5-7-9-11-12-13-14-15-16-17-18-19-20-21-22-24-26-28-33-29-30-34(31(3)4)32(33)27-25-23-10-8-6-2/h29-32H,5-28H2,1-4H3. The Kier molecular flexibility index (Phi) is 21.0. The largest absolute Gasteiger partial charge is 0.356 e. The number of rotatable bonds is 25. The van der Waals surface area contributed by atoms with Crippen LogP contribution in [0.1, 0.15) is 175 Å². The first-order valence-corrected chi connectivity index (χ1v) is 15.9. The van der Waals surface area contributed by atoms with Crippen molar-refractivity contribution in [1.29, 1.82) is 0 Å². The van der Waals surface area contributed by atoms with E-state index in [1.807, 2.05) is 0 Å². The molecule has 0 saturated heterocycles. The number of hydrogen-bond donors (Lipinski definition) is 0. The molecule has 0 aliphatic carbocycles. The summed E-state index contributed by atoms with van der Waals surface area (Å²) in [5.41, 5.74) is 0. The second-order valence-electron chi connectivity index (χ2n) is 11.4.